The maximum atomic E-state index is 11.7. The molecule has 1 amide bonds. The van der Waals surface area contributed by atoms with E-state index in [1.807, 2.05) is 33.8 Å². The molecular formula is C20H35N3O2. The Morgan fingerprint density at radius 2 is 1.92 bits per heavy atom. The molecule has 0 unspecified atom stereocenters. The van der Waals surface area contributed by atoms with Crippen LogP contribution in [0.1, 0.15) is 77.4 Å². The monoisotopic (exact) mass is 349 g/mol. The Balaban J connectivity index is 2.51. The number of rotatable bonds is 8. The summed E-state index contributed by atoms with van der Waals surface area (Å²) in [7, 11) is 0. The van der Waals surface area contributed by atoms with E-state index < -0.39 is 11.7 Å². The molecule has 25 heavy (non-hydrogen) atoms. The van der Waals surface area contributed by atoms with Gasteiger partial charge in [-0.05, 0) is 71.6 Å². The van der Waals surface area contributed by atoms with Crippen LogP contribution in [-0.2, 0) is 11.3 Å². The van der Waals surface area contributed by atoms with Crippen LogP contribution in [0.2, 0.25) is 0 Å². The maximum Gasteiger partial charge on any atom is 0.407 e. The number of aryl methyl sites for hydroxylation is 1. The van der Waals surface area contributed by atoms with Crippen molar-refractivity contribution in [1.82, 2.24) is 15.6 Å². The van der Waals surface area contributed by atoms with Gasteiger partial charge in [-0.15, -0.1) is 0 Å². The van der Waals surface area contributed by atoms with Crippen molar-refractivity contribution in [2.24, 2.45) is 5.92 Å². The van der Waals surface area contributed by atoms with E-state index in [-0.39, 0.29) is 6.04 Å². The summed E-state index contributed by atoms with van der Waals surface area (Å²) in [5, 5.41) is 6.31. The normalized spacial score (nSPS) is 13.0. The third-order valence-electron chi connectivity index (χ3n) is 3.87. The molecule has 1 rings (SSSR count). The van der Waals surface area contributed by atoms with Gasteiger partial charge in [-0.1, -0.05) is 19.9 Å². The summed E-state index contributed by atoms with van der Waals surface area (Å²) >= 11 is 0. The smallest absolute Gasteiger partial charge is 0.407 e. The Labute approximate surface area is 152 Å². The van der Waals surface area contributed by atoms with E-state index in [1.54, 1.807) is 0 Å². The molecule has 0 radical (unpaired) electrons. The summed E-state index contributed by atoms with van der Waals surface area (Å²) in [4.78, 5) is 16.3. The van der Waals surface area contributed by atoms with Gasteiger partial charge in [-0.25, -0.2) is 4.79 Å². The number of nitrogens with zero attached hydrogens (tertiary/aromatic N) is 1. The minimum absolute atomic E-state index is 0.271. The van der Waals surface area contributed by atoms with Gasteiger partial charge < -0.3 is 15.4 Å². The number of pyridine rings is 1. The molecule has 142 valence electrons. The zero-order valence-electron chi connectivity index (χ0n) is 16.9. The zero-order valence-corrected chi connectivity index (χ0v) is 16.9. The summed E-state index contributed by atoms with van der Waals surface area (Å²) in [5.74, 6) is 0.747. The molecule has 0 aliphatic rings. The number of alkyl carbamates (subject to hydrolysis) is 1. The van der Waals surface area contributed by atoms with E-state index >= 15 is 0 Å². The molecule has 1 aromatic heterocycles. The van der Waals surface area contributed by atoms with Crippen molar-refractivity contribution in [3.63, 3.8) is 0 Å². The van der Waals surface area contributed by atoms with Crippen LogP contribution in [0, 0.1) is 12.8 Å². The van der Waals surface area contributed by atoms with Crippen LogP contribution >= 0.6 is 0 Å². The number of carbonyl (C=O) groups excluding carboxylic acids is 1. The molecule has 5 heteroatoms. The molecule has 0 fully saturated rings. The van der Waals surface area contributed by atoms with Crippen molar-refractivity contribution in [2.45, 2.75) is 79.5 Å². The quantitative estimate of drug-likeness (QED) is 0.678. The van der Waals surface area contributed by atoms with E-state index in [2.05, 4.69) is 42.5 Å². The van der Waals surface area contributed by atoms with Gasteiger partial charge in [0.15, 0.2) is 0 Å². The maximum absolute atomic E-state index is 11.7. The lowest BCUT2D eigenvalue weighted by Crippen LogP contribution is -2.32. The van der Waals surface area contributed by atoms with Crippen LogP contribution in [0.15, 0.2) is 12.1 Å². The summed E-state index contributed by atoms with van der Waals surface area (Å²) in [6.45, 7) is 15.6. The van der Waals surface area contributed by atoms with Crippen molar-refractivity contribution in [2.75, 3.05) is 6.54 Å². The van der Waals surface area contributed by atoms with E-state index in [9.17, 15) is 4.79 Å². The van der Waals surface area contributed by atoms with Crippen LogP contribution < -0.4 is 10.6 Å². The van der Waals surface area contributed by atoms with Gasteiger partial charge in [0, 0.05) is 11.7 Å². The predicted molar refractivity (Wildman–Crippen MR) is 103 cm³/mol. The van der Waals surface area contributed by atoms with Gasteiger partial charge in [0.25, 0.3) is 0 Å². The average molecular weight is 350 g/mol. The third kappa shape index (κ3) is 8.87. The first-order valence-electron chi connectivity index (χ1n) is 9.25. The zero-order chi connectivity index (χ0) is 19.0. The van der Waals surface area contributed by atoms with Crippen LogP contribution in [0.5, 0.6) is 0 Å². The van der Waals surface area contributed by atoms with Crippen molar-refractivity contribution in [3.8, 4) is 0 Å². The molecule has 0 aromatic carbocycles. The van der Waals surface area contributed by atoms with E-state index in [4.69, 9.17) is 4.74 Å². The predicted octanol–water partition coefficient (Wildman–Crippen LogP) is 4.50. The summed E-state index contributed by atoms with van der Waals surface area (Å²) < 4.78 is 5.24. The molecule has 2 N–H and O–H groups in total. The van der Waals surface area contributed by atoms with E-state index in [0.717, 1.165) is 23.9 Å². The fourth-order valence-corrected chi connectivity index (χ4v) is 2.60. The first-order valence-corrected chi connectivity index (χ1v) is 9.25. The Hall–Kier alpha value is -1.62. The fourth-order valence-electron chi connectivity index (χ4n) is 2.60. The average Bonchev–Trinajstić information content (AvgIpc) is 2.47. The number of amides is 1. The van der Waals surface area contributed by atoms with Gasteiger partial charge in [-0.3, -0.25) is 4.98 Å². The Kier molecular flexibility index (Phi) is 8.36. The van der Waals surface area contributed by atoms with Crippen LogP contribution in [-0.4, -0.2) is 23.2 Å². The summed E-state index contributed by atoms with van der Waals surface area (Å²) in [6.07, 6.45) is 2.01. The fraction of sp³-hybridized carbons (Fsp3) is 0.700. The van der Waals surface area contributed by atoms with Crippen molar-refractivity contribution >= 4 is 6.09 Å². The number of carbonyl (C=O) groups is 1. The molecule has 0 bridgehead atoms. The SMILES string of the molecule is Cc1nc(CNC(=O)OC(C)(C)C)ccc1[C@H](C)NCCCC(C)C. The Morgan fingerprint density at radius 3 is 2.48 bits per heavy atom. The standard InChI is InChI=1S/C20H35N3O2/c1-14(2)9-8-12-21-15(3)18-11-10-17(23-16(18)4)13-22-19(24)25-20(5,6)7/h10-11,14-15,21H,8-9,12-13H2,1-7H3,(H,22,24)/t15-/m0/s1. The van der Waals surface area contributed by atoms with Crippen LogP contribution in [0.25, 0.3) is 0 Å². The molecular weight excluding hydrogens is 314 g/mol. The topological polar surface area (TPSA) is 63.2 Å². The highest BCUT2D eigenvalue weighted by atomic mass is 16.6. The largest absolute Gasteiger partial charge is 0.444 e. The molecule has 0 aliphatic carbocycles. The number of nitrogens with one attached hydrogen (secondary N) is 2. The highest BCUT2D eigenvalue weighted by Crippen LogP contribution is 2.17. The molecule has 1 heterocycles. The van der Waals surface area contributed by atoms with Crippen molar-refractivity contribution < 1.29 is 9.53 Å². The number of aromatic nitrogens is 1. The van der Waals surface area contributed by atoms with Gasteiger partial charge in [0.2, 0.25) is 0 Å². The van der Waals surface area contributed by atoms with Gasteiger partial charge >= 0.3 is 6.09 Å². The van der Waals surface area contributed by atoms with E-state index in [1.165, 1.54) is 18.4 Å². The van der Waals surface area contributed by atoms with Crippen molar-refractivity contribution in [1.29, 1.82) is 0 Å². The molecule has 0 spiro atoms. The molecule has 1 aromatic rings. The lowest BCUT2D eigenvalue weighted by atomic mass is 10.1. The van der Waals surface area contributed by atoms with Crippen LogP contribution in [0.4, 0.5) is 4.79 Å². The molecule has 0 saturated carbocycles. The Bertz CT molecular complexity index is 550. The van der Waals surface area contributed by atoms with Crippen LogP contribution in [0.3, 0.4) is 0 Å². The molecule has 1 atom stereocenters. The number of hydrogen-bond donors (Lipinski definition) is 2. The minimum atomic E-state index is -0.492. The molecule has 5 nitrogen and oxygen atoms in total. The lowest BCUT2D eigenvalue weighted by Gasteiger charge is -2.20. The number of ether oxygens (including phenoxy) is 1. The molecule has 0 aliphatic heterocycles. The second-order valence-corrected chi connectivity index (χ2v) is 8.04. The van der Waals surface area contributed by atoms with Gasteiger partial charge in [-0.2, -0.15) is 0 Å². The number of hydrogen-bond acceptors (Lipinski definition) is 4. The highest BCUT2D eigenvalue weighted by molar-refractivity contribution is 5.67. The minimum Gasteiger partial charge on any atom is -0.444 e. The van der Waals surface area contributed by atoms with Gasteiger partial charge in [0.05, 0.1) is 12.2 Å². The van der Waals surface area contributed by atoms with E-state index in [0.29, 0.717) is 6.54 Å². The second kappa shape index (κ2) is 9.76. The third-order valence-corrected chi connectivity index (χ3v) is 3.87. The summed E-state index contributed by atoms with van der Waals surface area (Å²) in [5.41, 5.74) is 2.53. The van der Waals surface area contributed by atoms with Gasteiger partial charge in [0.1, 0.15) is 5.60 Å². The first-order chi connectivity index (χ1) is 11.6. The molecule has 0 saturated heterocycles. The lowest BCUT2D eigenvalue weighted by molar-refractivity contribution is 0.0523. The summed E-state index contributed by atoms with van der Waals surface area (Å²) in [6, 6.07) is 4.33. The highest BCUT2D eigenvalue weighted by Gasteiger charge is 2.16. The Morgan fingerprint density at radius 1 is 1.24 bits per heavy atom. The van der Waals surface area contributed by atoms with Crippen molar-refractivity contribution in [3.05, 3.63) is 29.1 Å². The second-order valence-electron chi connectivity index (χ2n) is 8.04. The first kappa shape index (κ1) is 21.4.